The molecule has 1 fully saturated rings. The van der Waals surface area contributed by atoms with Crippen LogP contribution in [-0.2, 0) is 17.7 Å². The number of amides is 3. The van der Waals surface area contributed by atoms with Crippen LogP contribution in [-0.4, -0.2) is 84.1 Å². The Morgan fingerprint density at radius 3 is 2.66 bits per heavy atom. The van der Waals surface area contributed by atoms with Crippen LogP contribution in [0.5, 0.6) is 0 Å². The summed E-state index contributed by atoms with van der Waals surface area (Å²) >= 11 is 7.51. The SMILES string of the molecule is CN1CCc2nc(C(=O)N[C@@H]3CC(COC(=O)N(C)C)C[C@H]3NC(=O)c3cc4cc(Cl)ccc4[nH]3)sc2C1. The van der Waals surface area contributed by atoms with E-state index < -0.39 is 6.09 Å². The number of carbonyl (C=O) groups is 3. The maximum absolute atomic E-state index is 13.2. The van der Waals surface area contributed by atoms with Crippen molar-refractivity contribution in [2.24, 2.45) is 5.92 Å². The molecule has 0 saturated heterocycles. The summed E-state index contributed by atoms with van der Waals surface area (Å²) in [6.07, 6.45) is 1.52. The van der Waals surface area contributed by atoms with Gasteiger partial charge in [0.05, 0.1) is 12.3 Å². The molecule has 3 aromatic rings. The Kier molecular flexibility index (Phi) is 7.60. The fourth-order valence-corrected chi connectivity index (χ4v) is 6.31. The number of nitrogens with one attached hydrogen (secondary N) is 3. The minimum atomic E-state index is -0.423. The van der Waals surface area contributed by atoms with Crippen LogP contribution in [0.15, 0.2) is 24.3 Å². The molecule has 1 aliphatic carbocycles. The molecule has 1 saturated carbocycles. The summed E-state index contributed by atoms with van der Waals surface area (Å²) in [5, 5.41) is 8.04. The van der Waals surface area contributed by atoms with Crippen molar-refractivity contribution in [2.45, 2.75) is 37.9 Å². The van der Waals surface area contributed by atoms with E-state index >= 15 is 0 Å². The third-order valence-electron chi connectivity index (χ3n) is 7.04. The minimum Gasteiger partial charge on any atom is -0.449 e. The van der Waals surface area contributed by atoms with Crippen molar-refractivity contribution >= 4 is 51.7 Å². The van der Waals surface area contributed by atoms with Gasteiger partial charge in [0.15, 0.2) is 5.01 Å². The molecule has 3 amide bonds. The van der Waals surface area contributed by atoms with Gasteiger partial charge in [-0.05, 0) is 50.1 Å². The van der Waals surface area contributed by atoms with Crippen LogP contribution in [0.25, 0.3) is 10.9 Å². The van der Waals surface area contributed by atoms with Crippen molar-refractivity contribution in [3.05, 3.63) is 50.6 Å². The van der Waals surface area contributed by atoms with Crippen molar-refractivity contribution in [1.82, 2.24) is 30.4 Å². The van der Waals surface area contributed by atoms with Gasteiger partial charge >= 0.3 is 6.09 Å². The molecule has 0 bridgehead atoms. The number of aromatic nitrogens is 2. The second-order valence-electron chi connectivity index (χ2n) is 10.3. The van der Waals surface area contributed by atoms with Crippen LogP contribution >= 0.6 is 22.9 Å². The summed E-state index contributed by atoms with van der Waals surface area (Å²) < 4.78 is 5.41. The van der Waals surface area contributed by atoms with Crippen molar-refractivity contribution in [3.8, 4) is 0 Å². The number of hydrogen-bond donors (Lipinski definition) is 3. The molecule has 3 N–H and O–H groups in total. The molecule has 38 heavy (non-hydrogen) atoms. The molecule has 1 aliphatic heterocycles. The number of carbonyl (C=O) groups excluding carboxylic acids is 3. The number of fused-ring (bicyclic) bond motifs is 2. The first-order chi connectivity index (χ1) is 18.2. The lowest BCUT2D eigenvalue weighted by Crippen LogP contribution is -2.48. The fourth-order valence-electron chi connectivity index (χ4n) is 5.04. The van der Waals surface area contributed by atoms with Crippen LogP contribution in [0.3, 0.4) is 0 Å². The maximum atomic E-state index is 13.2. The molecule has 3 heterocycles. The quantitative estimate of drug-likeness (QED) is 0.427. The average molecular weight is 559 g/mol. The summed E-state index contributed by atoms with van der Waals surface area (Å²) in [4.78, 5) is 50.8. The lowest BCUT2D eigenvalue weighted by molar-refractivity contribution is 0.0889. The van der Waals surface area contributed by atoms with Crippen LogP contribution in [0.2, 0.25) is 5.02 Å². The Labute approximate surface area is 229 Å². The van der Waals surface area contributed by atoms with E-state index in [2.05, 4.69) is 32.5 Å². The van der Waals surface area contributed by atoms with Gasteiger partial charge in [-0.1, -0.05) is 11.6 Å². The first kappa shape index (κ1) is 26.5. The number of rotatable bonds is 6. The lowest BCUT2D eigenvalue weighted by Gasteiger charge is -2.21. The number of H-pyrrole nitrogens is 1. The highest BCUT2D eigenvalue weighted by atomic mass is 35.5. The van der Waals surface area contributed by atoms with Gasteiger partial charge in [-0.2, -0.15) is 0 Å². The van der Waals surface area contributed by atoms with Crippen molar-refractivity contribution in [1.29, 1.82) is 0 Å². The van der Waals surface area contributed by atoms with Crippen molar-refractivity contribution in [2.75, 3.05) is 34.3 Å². The van der Waals surface area contributed by atoms with E-state index in [1.807, 2.05) is 6.07 Å². The standard InChI is InChI=1S/C26H31ClN6O4S/c1-32(2)26(36)37-13-14-8-19(29-23(34)21-11-15-10-16(27)4-5-17(15)28-21)20(9-14)30-24(35)25-31-18-6-7-33(3)12-22(18)38-25/h4-5,10-11,14,19-20,28H,6-9,12-13H2,1-3H3,(H,29,34)(H,30,35)/t14?,19-,20-/m1/s1. The molecule has 2 aliphatic rings. The van der Waals surface area contributed by atoms with Gasteiger partial charge in [0.25, 0.3) is 11.8 Å². The van der Waals surface area contributed by atoms with Gasteiger partial charge in [-0.25, -0.2) is 9.78 Å². The van der Waals surface area contributed by atoms with Gasteiger partial charge in [-0.15, -0.1) is 11.3 Å². The van der Waals surface area contributed by atoms with Crippen LogP contribution in [0.1, 0.15) is 43.7 Å². The minimum absolute atomic E-state index is 0.0193. The molecule has 3 atom stereocenters. The Balaban J connectivity index is 1.30. The first-order valence-corrected chi connectivity index (χ1v) is 13.8. The fraction of sp³-hybridized carbons (Fsp3) is 0.462. The van der Waals surface area contributed by atoms with E-state index in [9.17, 15) is 14.4 Å². The Hall–Kier alpha value is -3.15. The highest BCUT2D eigenvalue weighted by Crippen LogP contribution is 2.29. The number of hydrogen-bond acceptors (Lipinski definition) is 7. The van der Waals surface area contributed by atoms with E-state index in [1.54, 1.807) is 32.3 Å². The second kappa shape index (κ2) is 10.9. The van der Waals surface area contributed by atoms with Crippen LogP contribution in [0.4, 0.5) is 4.79 Å². The zero-order chi connectivity index (χ0) is 27.0. The molecule has 202 valence electrons. The van der Waals surface area contributed by atoms with E-state index in [4.69, 9.17) is 16.3 Å². The smallest absolute Gasteiger partial charge is 0.409 e. The normalized spacial score (nSPS) is 21.2. The van der Waals surface area contributed by atoms with Gasteiger partial charge in [0, 0.05) is 66.5 Å². The topological polar surface area (TPSA) is 120 Å². The Bertz CT molecular complexity index is 1370. The summed E-state index contributed by atoms with van der Waals surface area (Å²) in [5.41, 5.74) is 2.20. The monoisotopic (exact) mass is 558 g/mol. The second-order valence-corrected chi connectivity index (χ2v) is 11.8. The Morgan fingerprint density at radius 2 is 1.92 bits per heavy atom. The number of benzene rings is 1. The predicted molar refractivity (Wildman–Crippen MR) is 146 cm³/mol. The third-order valence-corrected chi connectivity index (χ3v) is 8.36. The van der Waals surface area contributed by atoms with Crippen LogP contribution < -0.4 is 10.6 Å². The molecule has 5 rings (SSSR count). The number of likely N-dealkylation sites (N-methyl/N-ethyl adjacent to an activating group) is 1. The molecular formula is C26H31ClN6O4S. The lowest BCUT2D eigenvalue weighted by atomic mass is 10.1. The van der Waals surface area contributed by atoms with E-state index in [0.717, 1.165) is 41.0 Å². The first-order valence-electron chi connectivity index (χ1n) is 12.6. The maximum Gasteiger partial charge on any atom is 0.409 e. The highest BCUT2D eigenvalue weighted by Gasteiger charge is 2.38. The van der Waals surface area contributed by atoms with E-state index in [-0.39, 0.29) is 36.4 Å². The molecule has 1 aromatic carbocycles. The molecular weight excluding hydrogens is 528 g/mol. The highest BCUT2D eigenvalue weighted by molar-refractivity contribution is 7.13. The molecule has 10 nitrogen and oxygen atoms in total. The number of ether oxygens (including phenoxy) is 1. The Morgan fingerprint density at radius 1 is 1.18 bits per heavy atom. The van der Waals surface area contributed by atoms with Crippen LogP contribution in [0, 0.1) is 5.92 Å². The number of halogens is 1. The van der Waals surface area contributed by atoms with Crippen molar-refractivity contribution in [3.63, 3.8) is 0 Å². The number of aromatic amines is 1. The zero-order valence-corrected chi connectivity index (χ0v) is 23.1. The van der Waals surface area contributed by atoms with Gasteiger partial charge < -0.3 is 30.2 Å². The third kappa shape index (κ3) is 5.79. The molecule has 12 heteroatoms. The largest absolute Gasteiger partial charge is 0.449 e. The molecule has 0 radical (unpaired) electrons. The summed E-state index contributed by atoms with van der Waals surface area (Å²) in [5.74, 6) is -0.545. The summed E-state index contributed by atoms with van der Waals surface area (Å²) in [7, 11) is 5.31. The predicted octanol–water partition coefficient (Wildman–Crippen LogP) is 3.27. The van der Waals surface area contributed by atoms with Crippen molar-refractivity contribution < 1.29 is 19.1 Å². The summed E-state index contributed by atoms with van der Waals surface area (Å²) in [6.45, 7) is 1.91. The molecule has 2 aromatic heterocycles. The van der Waals surface area contributed by atoms with Gasteiger partial charge in [0.2, 0.25) is 0 Å². The van der Waals surface area contributed by atoms with E-state index in [0.29, 0.717) is 28.6 Å². The molecule has 0 spiro atoms. The number of thiazole rings is 1. The zero-order valence-electron chi connectivity index (χ0n) is 21.5. The van der Waals surface area contributed by atoms with Gasteiger partial charge in [-0.3, -0.25) is 9.59 Å². The van der Waals surface area contributed by atoms with Gasteiger partial charge in [0.1, 0.15) is 5.69 Å². The molecule has 1 unspecified atom stereocenters. The summed E-state index contributed by atoms with van der Waals surface area (Å²) in [6, 6.07) is 6.46. The van der Waals surface area contributed by atoms with E-state index in [1.165, 1.54) is 16.2 Å². The number of nitrogens with zero attached hydrogens (tertiary/aromatic N) is 3. The average Bonchev–Trinajstić information content (AvgIpc) is 3.58.